The summed E-state index contributed by atoms with van der Waals surface area (Å²) in [6.45, 7) is 3.27. The molecular weight excluding hydrogens is 274 g/mol. The Labute approximate surface area is 120 Å². The zero-order valence-corrected chi connectivity index (χ0v) is 11.5. The number of hydrogen-bond acceptors (Lipinski definition) is 4. The Morgan fingerprint density at radius 1 is 1.24 bits per heavy atom. The van der Waals surface area contributed by atoms with Gasteiger partial charge in [-0.05, 0) is 43.7 Å². The van der Waals surface area contributed by atoms with E-state index in [1.54, 1.807) is 32.0 Å². The highest BCUT2D eigenvalue weighted by Crippen LogP contribution is 2.31. The van der Waals surface area contributed by atoms with Gasteiger partial charge in [-0.3, -0.25) is 10.1 Å². The van der Waals surface area contributed by atoms with E-state index < -0.39 is 10.9 Å². The van der Waals surface area contributed by atoms with Crippen LogP contribution in [-0.4, -0.2) is 16.0 Å². The van der Waals surface area contributed by atoms with Crippen molar-refractivity contribution in [2.45, 2.75) is 13.8 Å². The highest BCUT2D eigenvalue weighted by Gasteiger charge is 2.15. The van der Waals surface area contributed by atoms with Gasteiger partial charge in [0.25, 0.3) is 5.69 Å². The number of carbonyl (C=O) groups is 1. The van der Waals surface area contributed by atoms with E-state index >= 15 is 0 Å². The van der Waals surface area contributed by atoms with Gasteiger partial charge in [-0.2, -0.15) is 0 Å². The van der Waals surface area contributed by atoms with E-state index in [1.807, 2.05) is 0 Å². The maximum atomic E-state index is 10.9. The molecule has 0 atom stereocenters. The molecule has 0 aliphatic rings. The van der Waals surface area contributed by atoms with Gasteiger partial charge in [0.1, 0.15) is 11.5 Å². The van der Waals surface area contributed by atoms with Crippen molar-refractivity contribution >= 4 is 11.7 Å². The lowest BCUT2D eigenvalue weighted by Gasteiger charge is -2.10. The predicted molar refractivity (Wildman–Crippen MR) is 76.0 cm³/mol. The smallest absolute Gasteiger partial charge is 0.335 e. The minimum absolute atomic E-state index is 0.0219. The lowest BCUT2D eigenvalue weighted by Crippen LogP contribution is -2.00. The lowest BCUT2D eigenvalue weighted by molar-refractivity contribution is -0.385. The minimum Gasteiger partial charge on any atom is -0.478 e. The Morgan fingerprint density at radius 2 is 1.95 bits per heavy atom. The Bertz CT molecular complexity index is 724. The van der Waals surface area contributed by atoms with E-state index in [1.165, 1.54) is 18.2 Å². The SMILES string of the molecule is Cc1cc(Oc2cccc([N+](=O)[O-])c2C)ccc1C(=O)O. The van der Waals surface area contributed by atoms with Crippen molar-refractivity contribution in [1.82, 2.24) is 0 Å². The number of carboxylic acids is 1. The number of nitro groups is 1. The number of nitrogens with zero attached hydrogens (tertiary/aromatic N) is 1. The number of aryl methyl sites for hydroxylation is 1. The molecule has 0 saturated heterocycles. The summed E-state index contributed by atoms with van der Waals surface area (Å²) in [6.07, 6.45) is 0. The Balaban J connectivity index is 2.35. The number of hydrogen-bond donors (Lipinski definition) is 1. The van der Waals surface area contributed by atoms with E-state index in [9.17, 15) is 14.9 Å². The Morgan fingerprint density at radius 3 is 2.52 bits per heavy atom. The van der Waals surface area contributed by atoms with Crippen LogP contribution in [0.15, 0.2) is 36.4 Å². The Kier molecular flexibility index (Phi) is 3.89. The molecule has 2 aromatic carbocycles. The number of benzene rings is 2. The van der Waals surface area contributed by atoms with E-state index in [-0.39, 0.29) is 11.3 Å². The first-order valence-electron chi connectivity index (χ1n) is 6.16. The van der Waals surface area contributed by atoms with Crippen molar-refractivity contribution in [3.8, 4) is 11.5 Å². The molecule has 2 aromatic rings. The normalized spacial score (nSPS) is 10.2. The monoisotopic (exact) mass is 287 g/mol. The largest absolute Gasteiger partial charge is 0.478 e. The molecule has 0 aromatic heterocycles. The second-order valence-electron chi connectivity index (χ2n) is 4.54. The summed E-state index contributed by atoms with van der Waals surface area (Å²) in [5.41, 5.74) is 1.15. The molecule has 0 bridgehead atoms. The second-order valence-corrected chi connectivity index (χ2v) is 4.54. The molecule has 0 unspecified atom stereocenters. The minimum atomic E-state index is -1.01. The summed E-state index contributed by atoms with van der Waals surface area (Å²) in [7, 11) is 0. The van der Waals surface area contributed by atoms with Gasteiger partial charge in [0.05, 0.1) is 16.1 Å². The summed E-state index contributed by atoms with van der Waals surface area (Å²) in [5, 5.41) is 19.9. The average Bonchev–Trinajstić information content (AvgIpc) is 2.40. The molecule has 0 aliphatic carbocycles. The van der Waals surface area contributed by atoms with Crippen LogP contribution in [0.25, 0.3) is 0 Å². The van der Waals surface area contributed by atoms with Crippen LogP contribution in [0.5, 0.6) is 11.5 Å². The molecule has 0 fully saturated rings. The summed E-state index contributed by atoms with van der Waals surface area (Å²) >= 11 is 0. The fourth-order valence-corrected chi connectivity index (χ4v) is 1.98. The molecule has 1 N–H and O–H groups in total. The average molecular weight is 287 g/mol. The quantitative estimate of drug-likeness (QED) is 0.684. The fraction of sp³-hybridized carbons (Fsp3) is 0.133. The topological polar surface area (TPSA) is 89.7 Å². The maximum Gasteiger partial charge on any atom is 0.335 e. The molecule has 2 rings (SSSR count). The number of nitro benzene ring substituents is 1. The summed E-state index contributed by atoms with van der Waals surface area (Å²) in [4.78, 5) is 21.4. The maximum absolute atomic E-state index is 10.9. The van der Waals surface area contributed by atoms with Crippen LogP contribution in [0.4, 0.5) is 5.69 Å². The highest BCUT2D eigenvalue weighted by atomic mass is 16.6. The third-order valence-corrected chi connectivity index (χ3v) is 3.11. The number of carboxylic acid groups (broad SMARTS) is 1. The van der Waals surface area contributed by atoms with Gasteiger partial charge in [-0.1, -0.05) is 6.07 Å². The van der Waals surface area contributed by atoms with Crippen LogP contribution < -0.4 is 4.74 Å². The highest BCUT2D eigenvalue weighted by molar-refractivity contribution is 5.89. The van der Waals surface area contributed by atoms with Crippen LogP contribution in [0.1, 0.15) is 21.5 Å². The van der Waals surface area contributed by atoms with Gasteiger partial charge >= 0.3 is 5.97 Å². The molecule has 21 heavy (non-hydrogen) atoms. The summed E-state index contributed by atoms with van der Waals surface area (Å²) in [6, 6.07) is 9.12. The van der Waals surface area contributed by atoms with Gasteiger partial charge in [-0.25, -0.2) is 4.79 Å². The first-order valence-corrected chi connectivity index (χ1v) is 6.16. The van der Waals surface area contributed by atoms with Crippen LogP contribution in [0, 0.1) is 24.0 Å². The van der Waals surface area contributed by atoms with Crippen molar-refractivity contribution < 1.29 is 19.6 Å². The van der Waals surface area contributed by atoms with Gasteiger partial charge in [0, 0.05) is 6.07 Å². The molecule has 108 valence electrons. The first-order chi connectivity index (χ1) is 9.90. The van der Waals surface area contributed by atoms with Crippen molar-refractivity contribution in [3.05, 3.63) is 63.2 Å². The number of aromatic carboxylic acids is 1. The summed E-state index contributed by atoms with van der Waals surface area (Å²) < 4.78 is 5.62. The summed E-state index contributed by atoms with van der Waals surface area (Å²) in [5.74, 6) is -0.210. The molecule has 0 amide bonds. The predicted octanol–water partition coefficient (Wildman–Crippen LogP) is 3.70. The number of rotatable bonds is 4. The molecule has 6 nitrogen and oxygen atoms in total. The van der Waals surface area contributed by atoms with Gasteiger partial charge in [0.2, 0.25) is 0 Å². The van der Waals surface area contributed by atoms with Gasteiger partial charge in [0.15, 0.2) is 0 Å². The van der Waals surface area contributed by atoms with Crippen molar-refractivity contribution in [2.24, 2.45) is 0 Å². The molecule has 0 spiro atoms. The first kappa shape index (κ1) is 14.5. The van der Waals surface area contributed by atoms with Crippen LogP contribution in [-0.2, 0) is 0 Å². The fourth-order valence-electron chi connectivity index (χ4n) is 1.98. The zero-order chi connectivity index (χ0) is 15.6. The third kappa shape index (κ3) is 3.00. The van der Waals surface area contributed by atoms with Crippen molar-refractivity contribution in [3.63, 3.8) is 0 Å². The molecule has 0 heterocycles. The zero-order valence-electron chi connectivity index (χ0n) is 11.5. The van der Waals surface area contributed by atoms with Gasteiger partial charge in [-0.15, -0.1) is 0 Å². The molecule has 6 heteroatoms. The molecule has 0 radical (unpaired) electrons. The van der Waals surface area contributed by atoms with E-state index in [2.05, 4.69) is 0 Å². The third-order valence-electron chi connectivity index (χ3n) is 3.11. The van der Waals surface area contributed by atoms with E-state index in [0.29, 0.717) is 22.6 Å². The van der Waals surface area contributed by atoms with Crippen molar-refractivity contribution in [2.75, 3.05) is 0 Å². The molecule has 0 saturated carbocycles. The van der Waals surface area contributed by atoms with E-state index in [4.69, 9.17) is 9.84 Å². The Hall–Kier alpha value is -2.89. The molecule has 0 aliphatic heterocycles. The van der Waals surface area contributed by atoms with Gasteiger partial charge < -0.3 is 9.84 Å². The second kappa shape index (κ2) is 5.62. The number of ether oxygens (including phenoxy) is 1. The van der Waals surface area contributed by atoms with Crippen LogP contribution >= 0.6 is 0 Å². The standard InChI is InChI=1S/C15H13NO5/c1-9-8-11(6-7-12(9)15(17)18)21-14-5-3-4-13(10(14)2)16(19)20/h3-8H,1-2H3,(H,17,18). The van der Waals surface area contributed by atoms with Crippen LogP contribution in [0.2, 0.25) is 0 Å². The van der Waals surface area contributed by atoms with Crippen LogP contribution in [0.3, 0.4) is 0 Å². The lowest BCUT2D eigenvalue weighted by atomic mass is 10.1. The van der Waals surface area contributed by atoms with Crippen molar-refractivity contribution in [1.29, 1.82) is 0 Å². The molecular formula is C15H13NO5. The van der Waals surface area contributed by atoms with E-state index in [0.717, 1.165) is 0 Å².